The molecule has 1 aromatic carbocycles. The number of halogens is 1. The second-order valence-corrected chi connectivity index (χ2v) is 4.85. The van der Waals surface area contributed by atoms with E-state index < -0.39 is 0 Å². The molecule has 1 rings (SSSR count). The minimum atomic E-state index is 0.304. The van der Waals surface area contributed by atoms with Crippen LogP contribution in [0.3, 0.4) is 0 Å². The molecular weight excluding hydrogens is 220 g/mol. The molecule has 0 aromatic heterocycles. The highest BCUT2D eigenvalue weighted by Gasteiger charge is 2.11. The largest absolute Gasteiger partial charge is 0.497 e. The van der Waals surface area contributed by atoms with Crippen molar-refractivity contribution in [1.82, 2.24) is 0 Å². The van der Waals surface area contributed by atoms with Crippen LogP contribution in [-0.2, 0) is 6.42 Å². The first-order valence-corrected chi connectivity index (χ1v) is 6.38. The Bertz CT molecular complexity index is 294. The Labute approximate surface area is 104 Å². The average Bonchev–Trinajstić information content (AvgIpc) is 2.35. The molecule has 0 aliphatic heterocycles. The van der Waals surface area contributed by atoms with Gasteiger partial charge in [-0.25, -0.2) is 0 Å². The molecule has 0 spiro atoms. The monoisotopic (exact) mass is 240 g/mol. The molecule has 0 radical (unpaired) electrons. The van der Waals surface area contributed by atoms with Gasteiger partial charge in [-0.05, 0) is 42.9 Å². The summed E-state index contributed by atoms with van der Waals surface area (Å²) in [5.41, 5.74) is 1.35. The molecule has 0 aliphatic carbocycles. The Morgan fingerprint density at radius 2 is 1.88 bits per heavy atom. The van der Waals surface area contributed by atoms with Crippen molar-refractivity contribution >= 4 is 11.6 Å². The van der Waals surface area contributed by atoms with Crippen LogP contribution in [0.4, 0.5) is 0 Å². The molecule has 90 valence electrons. The number of benzene rings is 1. The van der Waals surface area contributed by atoms with Crippen LogP contribution in [0.2, 0.25) is 0 Å². The van der Waals surface area contributed by atoms with Crippen molar-refractivity contribution in [2.24, 2.45) is 5.92 Å². The minimum absolute atomic E-state index is 0.304. The number of alkyl halides is 1. The Morgan fingerprint density at radius 1 is 1.25 bits per heavy atom. The summed E-state index contributed by atoms with van der Waals surface area (Å²) in [7, 11) is 1.69. The third-order valence-electron chi connectivity index (χ3n) is 3.05. The van der Waals surface area contributed by atoms with Gasteiger partial charge in [0.15, 0.2) is 0 Å². The van der Waals surface area contributed by atoms with Crippen LogP contribution in [-0.4, -0.2) is 12.5 Å². The lowest BCUT2D eigenvalue weighted by molar-refractivity contribution is 0.414. The summed E-state index contributed by atoms with van der Waals surface area (Å²) >= 11 is 6.21. The third-order valence-corrected chi connectivity index (χ3v) is 3.79. The topological polar surface area (TPSA) is 9.23 Å². The van der Waals surface area contributed by atoms with Crippen LogP contribution in [0.15, 0.2) is 24.3 Å². The predicted octanol–water partition coefficient (Wildman–Crippen LogP) is 4.28. The van der Waals surface area contributed by atoms with Crippen LogP contribution < -0.4 is 4.74 Å². The normalized spacial score (nSPS) is 14.5. The van der Waals surface area contributed by atoms with Gasteiger partial charge in [0.05, 0.1) is 7.11 Å². The van der Waals surface area contributed by atoms with Crippen LogP contribution in [0, 0.1) is 5.92 Å². The van der Waals surface area contributed by atoms with Gasteiger partial charge in [0, 0.05) is 5.38 Å². The molecule has 0 N–H and O–H groups in total. The number of methoxy groups -OCH3 is 1. The van der Waals surface area contributed by atoms with Gasteiger partial charge in [0.2, 0.25) is 0 Å². The highest BCUT2D eigenvalue weighted by molar-refractivity contribution is 6.20. The summed E-state index contributed by atoms with van der Waals surface area (Å²) in [6.07, 6.45) is 3.29. The second kappa shape index (κ2) is 6.80. The van der Waals surface area contributed by atoms with E-state index in [2.05, 4.69) is 26.0 Å². The summed E-state index contributed by atoms with van der Waals surface area (Å²) in [5.74, 6) is 1.49. The van der Waals surface area contributed by atoms with Crippen molar-refractivity contribution in [2.45, 2.75) is 38.5 Å². The Hall–Kier alpha value is -0.690. The predicted molar refractivity (Wildman–Crippen MR) is 70.4 cm³/mol. The fraction of sp³-hybridized carbons (Fsp3) is 0.571. The fourth-order valence-electron chi connectivity index (χ4n) is 1.77. The van der Waals surface area contributed by atoms with E-state index in [-0.39, 0.29) is 0 Å². The van der Waals surface area contributed by atoms with Gasteiger partial charge in [-0.15, -0.1) is 11.6 Å². The molecule has 1 aromatic rings. The smallest absolute Gasteiger partial charge is 0.118 e. The van der Waals surface area contributed by atoms with Crippen molar-refractivity contribution in [3.8, 4) is 5.75 Å². The third kappa shape index (κ3) is 4.05. The molecule has 0 saturated carbocycles. The number of ether oxygens (including phenoxy) is 1. The zero-order chi connectivity index (χ0) is 12.0. The van der Waals surface area contributed by atoms with E-state index in [0.717, 1.165) is 25.0 Å². The summed E-state index contributed by atoms with van der Waals surface area (Å²) < 4.78 is 5.13. The van der Waals surface area contributed by atoms with Crippen LogP contribution in [0.1, 0.15) is 32.3 Å². The number of hydrogen-bond acceptors (Lipinski definition) is 1. The average molecular weight is 241 g/mol. The van der Waals surface area contributed by atoms with Crippen molar-refractivity contribution < 1.29 is 4.74 Å². The van der Waals surface area contributed by atoms with Gasteiger partial charge in [-0.2, -0.15) is 0 Å². The van der Waals surface area contributed by atoms with E-state index in [9.17, 15) is 0 Å². The molecule has 0 bridgehead atoms. The van der Waals surface area contributed by atoms with Crippen LogP contribution >= 0.6 is 11.6 Å². The highest BCUT2D eigenvalue weighted by atomic mass is 35.5. The van der Waals surface area contributed by atoms with E-state index in [0.29, 0.717) is 11.3 Å². The maximum Gasteiger partial charge on any atom is 0.118 e. The van der Waals surface area contributed by atoms with E-state index in [4.69, 9.17) is 16.3 Å². The van der Waals surface area contributed by atoms with Crippen LogP contribution in [0.5, 0.6) is 5.75 Å². The zero-order valence-electron chi connectivity index (χ0n) is 10.4. The van der Waals surface area contributed by atoms with Crippen molar-refractivity contribution in [1.29, 1.82) is 0 Å². The molecule has 0 amide bonds. The first-order valence-electron chi connectivity index (χ1n) is 5.94. The maximum absolute atomic E-state index is 6.21. The van der Waals surface area contributed by atoms with Gasteiger partial charge < -0.3 is 4.74 Å². The summed E-state index contributed by atoms with van der Waals surface area (Å²) in [4.78, 5) is 0. The lowest BCUT2D eigenvalue weighted by Gasteiger charge is -2.16. The molecule has 0 saturated heterocycles. The SMILES string of the molecule is CCC(Cl)C(C)CCc1ccc(OC)cc1. The Kier molecular flexibility index (Phi) is 5.68. The van der Waals surface area contributed by atoms with Gasteiger partial charge in [-0.1, -0.05) is 26.0 Å². The molecule has 0 heterocycles. The number of hydrogen-bond donors (Lipinski definition) is 0. The van der Waals surface area contributed by atoms with Crippen molar-refractivity contribution in [3.63, 3.8) is 0 Å². The molecule has 2 unspecified atom stereocenters. The number of rotatable bonds is 6. The molecule has 0 aliphatic rings. The van der Waals surface area contributed by atoms with Gasteiger partial charge >= 0.3 is 0 Å². The maximum atomic E-state index is 6.21. The molecule has 2 atom stereocenters. The molecule has 0 fully saturated rings. The summed E-state index contributed by atoms with van der Waals surface area (Å²) in [6.45, 7) is 4.37. The Morgan fingerprint density at radius 3 is 2.38 bits per heavy atom. The molecule has 16 heavy (non-hydrogen) atoms. The lowest BCUT2D eigenvalue weighted by atomic mass is 9.97. The first kappa shape index (κ1) is 13.4. The van der Waals surface area contributed by atoms with Gasteiger partial charge in [0.25, 0.3) is 0 Å². The first-order chi connectivity index (χ1) is 7.67. The zero-order valence-corrected chi connectivity index (χ0v) is 11.1. The van der Waals surface area contributed by atoms with Gasteiger partial charge in [-0.3, -0.25) is 0 Å². The van der Waals surface area contributed by atoms with Crippen molar-refractivity contribution in [3.05, 3.63) is 29.8 Å². The van der Waals surface area contributed by atoms with Crippen LogP contribution in [0.25, 0.3) is 0 Å². The Balaban J connectivity index is 2.42. The van der Waals surface area contributed by atoms with Gasteiger partial charge in [0.1, 0.15) is 5.75 Å². The van der Waals surface area contributed by atoms with E-state index >= 15 is 0 Å². The fourth-order valence-corrected chi connectivity index (χ4v) is 1.90. The summed E-state index contributed by atoms with van der Waals surface area (Å²) in [5, 5.41) is 0.304. The van der Waals surface area contributed by atoms with Crippen molar-refractivity contribution in [2.75, 3.05) is 7.11 Å². The lowest BCUT2D eigenvalue weighted by Crippen LogP contribution is -2.11. The van der Waals surface area contributed by atoms with E-state index in [1.165, 1.54) is 5.56 Å². The molecular formula is C14H21ClO. The second-order valence-electron chi connectivity index (χ2n) is 4.29. The standard InChI is InChI=1S/C14H21ClO/c1-4-14(15)11(2)5-6-12-7-9-13(16-3)10-8-12/h7-11,14H,4-6H2,1-3H3. The molecule has 1 nitrogen and oxygen atoms in total. The van der Waals surface area contributed by atoms with E-state index in [1.807, 2.05) is 12.1 Å². The summed E-state index contributed by atoms with van der Waals surface area (Å²) in [6, 6.07) is 8.28. The quantitative estimate of drug-likeness (QED) is 0.675. The number of aryl methyl sites for hydroxylation is 1. The minimum Gasteiger partial charge on any atom is -0.497 e. The highest BCUT2D eigenvalue weighted by Crippen LogP contribution is 2.20. The molecule has 2 heteroatoms. The van der Waals surface area contributed by atoms with E-state index in [1.54, 1.807) is 7.11 Å².